The summed E-state index contributed by atoms with van der Waals surface area (Å²) in [5.41, 5.74) is -1.93. The van der Waals surface area contributed by atoms with E-state index in [2.05, 4.69) is 26.0 Å². The summed E-state index contributed by atoms with van der Waals surface area (Å²) in [6, 6.07) is 7.58. The lowest BCUT2D eigenvalue weighted by atomic mass is 10.1. The molecule has 27 heavy (non-hydrogen) atoms. The van der Waals surface area contributed by atoms with Crippen molar-refractivity contribution in [2.45, 2.75) is 6.18 Å². The van der Waals surface area contributed by atoms with Gasteiger partial charge in [0.2, 0.25) is 0 Å². The van der Waals surface area contributed by atoms with Gasteiger partial charge in [-0.25, -0.2) is 4.79 Å². The fraction of sp³-hybridized carbons (Fsp3) is 0.125. The zero-order valence-corrected chi connectivity index (χ0v) is 14.8. The number of rotatable bonds is 5. The number of halogens is 4. The maximum Gasteiger partial charge on any atom is 0.417 e. The Balaban J connectivity index is 2.02. The summed E-state index contributed by atoms with van der Waals surface area (Å²) in [6.45, 7) is -0.839. The highest BCUT2D eigenvalue weighted by Crippen LogP contribution is 2.32. The van der Waals surface area contributed by atoms with E-state index in [9.17, 15) is 32.9 Å². The Morgan fingerprint density at radius 1 is 1.19 bits per heavy atom. The number of carbonyl (C=O) groups is 2. The van der Waals surface area contributed by atoms with Gasteiger partial charge in [-0.05, 0) is 34.1 Å². The van der Waals surface area contributed by atoms with Gasteiger partial charge in [0.15, 0.2) is 6.61 Å². The molecule has 0 spiro atoms. The van der Waals surface area contributed by atoms with Crippen molar-refractivity contribution in [3.8, 4) is 0 Å². The molecule has 142 valence electrons. The number of carbonyl (C=O) groups excluding carboxylic acids is 2. The molecule has 2 rings (SSSR count). The van der Waals surface area contributed by atoms with Gasteiger partial charge in [-0.3, -0.25) is 14.9 Å². The summed E-state index contributed by atoms with van der Waals surface area (Å²) < 4.78 is 43.5. The van der Waals surface area contributed by atoms with E-state index in [0.717, 1.165) is 30.3 Å². The monoisotopic (exact) mass is 446 g/mol. The molecule has 0 aliphatic heterocycles. The quantitative estimate of drug-likeness (QED) is 0.422. The summed E-state index contributed by atoms with van der Waals surface area (Å²) in [5.74, 6) is -2.14. The predicted molar refractivity (Wildman–Crippen MR) is 91.2 cm³/mol. The Kier molecular flexibility index (Phi) is 6.16. The summed E-state index contributed by atoms with van der Waals surface area (Å²) in [4.78, 5) is 33.7. The third-order valence-corrected chi connectivity index (χ3v) is 3.88. The molecule has 0 bridgehead atoms. The Labute approximate surface area is 158 Å². The zero-order valence-electron chi connectivity index (χ0n) is 13.2. The molecule has 2 aromatic rings. The smallest absolute Gasteiger partial charge is 0.417 e. The molecule has 0 unspecified atom stereocenters. The highest BCUT2D eigenvalue weighted by Gasteiger charge is 2.35. The van der Waals surface area contributed by atoms with E-state index in [1.54, 1.807) is 0 Å². The van der Waals surface area contributed by atoms with Crippen LogP contribution in [0.25, 0.3) is 0 Å². The van der Waals surface area contributed by atoms with Crippen LogP contribution in [0.2, 0.25) is 0 Å². The molecule has 0 aromatic heterocycles. The van der Waals surface area contributed by atoms with Gasteiger partial charge in [-0.2, -0.15) is 13.2 Å². The van der Waals surface area contributed by atoms with Gasteiger partial charge < -0.3 is 10.1 Å². The second-order valence-electron chi connectivity index (χ2n) is 5.09. The van der Waals surface area contributed by atoms with Gasteiger partial charge in [0.1, 0.15) is 0 Å². The van der Waals surface area contributed by atoms with E-state index in [1.165, 1.54) is 12.1 Å². The van der Waals surface area contributed by atoms with E-state index in [0.29, 0.717) is 0 Å². The predicted octanol–water partition coefficient (Wildman–Crippen LogP) is 4.17. The highest BCUT2D eigenvalue weighted by atomic mass is 79.9. The van der Waals surface area contributed by atoms with Crippen molar-refractivity contribution < 1.29 is 32.4 Å². The number of nitro benzene ring substituents is 1. The van der Waals surface area contributed by atoms with Crippen molar-refractivity contribution >= 4 is 39.2 Å². The molecule has 11 heteroatoms. The molecule has 0 heterocycles. The number of nitro groups is 1. The fourth-order valence-electron chi connectivity index (χ4n) is 2.02. The number of ether oxygens (including phenoxy) is 1. The molecule has 0 fully saturated rings. The second-order valence-corrected chi connectivity index (χ2v) is 5.94. The molecule has 2 aromatic carbocycles. The number of alkyl halides is 3. The largest absolute Gasteiger partial charge is 0.452 e. The van der Waals surface area contributed by atoms with E-state index < -0.39 is 40.7 Å². The van der Waals surface area contributed by atoms with Gasteiger partial charge >= 0.3 is 12.1 Å². The SMILES string of the molecule is O=C(COC(=O)c1ccccc1C(F)(F)F)Nc1ccc([N+](=O)[O-])cc1Br. The van der Waals surface area contributed by atoms with Crippen LogP contribution in [-0.2, 0) is 15.7 Å². The minimum atomic E-state index is -4.75. The molecule has 1 N–H and O–H groups in total. The van der Waals surface area contributed by atoms with Crippen LogP contribution in [0.3, 0.4) is 0 Å². The van der Waals surface area contributed by atoms with Gasteiger partial charge in [-0.15, -0.1) is 0 Å². The van der Waals surface area contributed by atoms with Gasteiger partial charge in [0, 0.05) is 16.6 Å². The normalized spacial score (nSPS) is 11.0. The summed E-state index contributed by atoms with van der Waals surface area (Å²) in [6.07, 6.45) is -4.75. The zero-order chi connectivity index (χ0) is 20.2. The molecule has 1 amide bonds. The third-order valence-electron chi connectivity index (χ3n) is 3.22. The van der Waals surface area contributed by atoms with E-state index in [1.807, 2.05) is 0 Å². The van der Waals surface area contributed by atoms with Crippen molar-refractivity contribution in [2.24, 2.45) is 0 Å². The lowest BCUT2D eigenvalue weighted by molar-refractivity contribution is -0.384. The number of non-ortho nitro benzene ring substituents is 1. The van der Waals surface area contributed by atoms with Crippen LogP contribution in [0.1, 0.15) is 15.9 Å². The van der Waals surface area contributed by atoms with Crippen molar-refractivity contribution in [1.82, 2.24) is 0 Å². The maximum atomic E-state index is 12.9. The van der Waals surface area contributed by atoms with Crippen LogP contribution in [0.5, 0.6) is 0 Å². The third kappa shape index (κ3) is 5.26. The first-order valence-electron chi connectivity index (χ1n) is 7.16. The Bertz CT molecular complexity index is 902. The van der Waals surface area contributed by atoms with Gasteiger partial charge in [-0.1, -0.05) is 12.1 Å². The van der Waals surface area contributed by atoms with Crippen molar-refractivity contribution in [3.05, 3.63) is 68.2 Å². The van der Waals surface area contributed by atoms with Crippen LogP contribution < -0.4 is 5.32 Å². The first-order chi connectivity index (χ1) is 12.6. The van der Waals surface area contributed by atoms with Crippen LogP contribution in [0.15, 0.2) is 46.9 Å². The maximum absolute atomic E-state index is 12.9. The standard InChI is InChI=1S/C16H10BrF3N2O5/c17-12-7-9(22(25)26)5-6-13(12)21-14(23)8-27-15(24)10-3-1-2-4-11(10)16(18,19)20/h1-7H,8H2,(H,21,23). The lowest BCUT2D eigenvalue weighted by Crippen LogP contribution is -2.22. The molecular weight excluding hydrogens is 437 g/mol. The number of nitrogens with one attached hydrogen (secondary N) is 1. The van der Waals surface area contributed by atoms with E-state index in [4.69, 9.17) is 0 Å². The molecule has 0 aliphatic carbocycles. The molecule has 7 nitrogen and oxygen atoms in total. The fourth-order valence-corrected chi connectivity index (χ4v) is 2.49. The summed E-state index contributed by atoms with van der Waals surface area (Å²) in [7, 11) is 0. The highest BCUT2D eigenvalue weighted by molar-refractivity contribution is 9.10. The number of benzene rings is 2. The number of esters is 1. The molecule has 0 saturated carbocycles. The number of nitrogens with zero attached hydrogens (tertiary/aromatic N) is 1. The minimum absolute atomic E-state index is 0.164. The van der Waals surface area contributed by atoms with Crippen molar-refractivity contribution in [1.29, 1.82) is 0 Å². The van der Waals surface area contributed by atoms with E-state index >= 15 is 0 Å². The van der Waals surface area contributed by atoms with E-state index in [-0.39, 0.29) is 15.8 Å². The Morgan fingerprint density at radius 2 is 1.85 bits per heavy atom. The summed E-state index contributed by atoms with van der Waals surface area (Å²) >= 11 is 3.04. The average Bonchev–Trinajstić information content (AvgIpc) is 2.60. The lowest BCUT2D eigenvalue weighted by Gasteiger charge is -2.12. The van der Waals surface area contributed by atoms with Gasteiger partial charge in [0.05, 0.1) is 21.7 Å². The first-order valence-corrected chi connectivity index (χ1v) is 7.96. The average molecular weight is 447 g/mol. The van der Waals surface area contributed by atoms with Crippen molar-refractivity contribution in [2.75, 3.05) is 11.9 Å². The van der Waals surface area contributed by atoms with Gasteiger partial charge in [0.25, 0.3) is 11.6 Å². The van der Waals surface area contributed by atoms with Crippen LogP contribution in [-0.4, -0.2) is 23.4 Å². The summed E-state index contributed by atoms with van der Waals surface area (Å²) in [5, 5.41) is 13.0. The Morgan fingerprint density at radius 3 is 2.44 bits per heavy atom. The van der Waals surface area contributed by atoms with Crippen LogP contribution in [0, 0.1) is 10.1 Å². The number of hydrogen-bond acceptors (Lipinski definition) is 5. The minimum Gasteiger partial charge on any atom is -0.452 e. The molecule has 0 atom stereocenters. The molecule has 0 aliphatic rings. The van der Waals surface area contributed by atoms with Crippen LogP contribution >= 0.6 is 15.9 Å². The molecule has 0 radical (unpaired) electrons. The number of hydrogen-bond donors (Lipinski definition) is 1. The second kappa shape index (κ2) is 8.16. The van der Waals surface area contributed by atoms with Crippen LogP contribution in [0.4, 0.5) is 24.5 Å². The van der Waals surface area contributed by atoms with Crippen molar-refractivity contribution in [3.63, 3.8) is 0 Å². The Hall–Kier alpha value is -2.95. The molecule has 0 saturated heterocycles. The number of amides is 1. The topological polar surface area (TPSA) is 98.5 Å². The number of anilines is 1. The molecular formula is C16H10BrF3N2O5. The first kappa shape index (κ1) is 20.4.